The summed E-state index contributed by atoms with van der Waals surface area (Å²) in [7, 11) is 0. The second-order valence-electron chi connectivity index (χ2n) is 12.8. The molecule has 2 aromatic heterocycles. The van der Waals surface area contributed by atoms with E-state index in [1.807, 2.05) is 35.2 Å². The zero-order valence-corrected chi connectivity index (χ0v) is 25.6. The van der Waals surface area contributed by atoms with E-state index in [1.165, 1.54) is 38.8 Å². The molecule has 2 aliphatic heterocycles. The predicted molar refractivity (Wildman–Crippen MR) is 177 cm³/mol. The van der Waals surface area contributed by atoms with Crippen molar-refractivity contribution in [2.24, 2.45) is 0 Å². The first-order valence-electron chi connectivity index (χ1n) is 16.1. The van der Waals surface area contributed by atoms with E-state index in [0.29, 0.717) is 35.0 Å². The third-order valence-corrected chi connectivity index (χ3v) is 9.68. The van der Waals surface area contributed by atoms with Gasteiger partial charge in [0, 0.05) is 60.2 Å². The third-order valence-electron chi connectivity index (χ3n) is 9.68. The molecule has 44 heavy (non-hydrogen) atoms. The van der Waals surface area contributed by atoms with Crippen LogP contribution < -0.4 is 10.9 Å². The van der Waals surface area contributed by atoms with Crippen molar-refractivity contribution < 1.29 is 4.79 Å². The maximum absolute atomic E-state index is 14.3. The van der Waals surface area contributed by atoms with Gasteiger partial charge in [0.2, 0.25) is 0 Å². The number of nitrogens with one attached hydrogen (secondary N) is 1. The molecule has 1 amide bonds. The molecule has 7 rings (SSSR count). The fourth-order valence-electron chi connectivity index (χ4n) is 6.92. The van der Waals surface area contributed by atoms with Crippen molar-refractivity contribution in [2.45, 2.75) is 64.1 Å². The summed E-state index contributed by atoms with van der Waals surface area (Å²) in [5.41, 5.74) is 6.65. The van der Waals surface area contributed by atoms with Crippen molar-refractivity contribution in [3.8, 4) is 11.1 Å². The minimum absolute atomic E-state index is 0.00276. The first-order valence-corrected chi connectivity index (χ1v) is 16.1. The summed E-state index contributed by atoms with van der Waals surface area (Å²) in [6.45, 7) is 10.6. The molecule has 2 saturated heterocycles. The van der Waals surface area contributed by atoms with E-state index in [-0.39, 0.29) is 11.5 Å². The number of piperidine rings is 1. The molecule has 7 heteroatoms. The molecule has 1 N–H and O–H groups in total. The molecular weight excluding hydrogens is 546 g/mol. The van der Waals surface area contributed by atoms with E-state index in [4.69, 9.17) is 0 Å². The van der Waals surface area contributed by atoms with Gasteiger partial charge in [0.15, 0.2) is 0 Å². The van der Waals surface area contributed by atoms with E-state index in [0.717, 1.165) is 59.4 Å². The zero-order valence-electron chi connectivity index (χ0n) is 25.6. The SMILES string of the molecule is C=C(NC1CC1)c1ccc(C)c(-c2ccc3c(=O)n(Cc4ccncc4)cc(C(=O)N4CCC(N5CCCC5)CC4)c3c2)c1. The van der Waals surface area contributed by atoms with Gasteiger partial charge in [-0.25, -0.2) is 0 Å². The monoisotopic (exact) mass is 587 g/mol. The van der Waals surface area contributed by atoms with Crippen LogP contribution in [0, 0.1) is 6.92 Å². The molecule has 1 saturated carbocycles. The highest BCUT2D eigenvalue weighted by Gasteiger charge is 2.30. The summed E-state index contributed by atoms with van der Waals surface area (Å²) in [6.07, 6.45) is 12.2. The van der Waals surface area contributed by atoms with Crippen LogP contribution in [-0.2, 0) is 6.54 Å². The highest BCUT2D eigenvalue weighted by molar-refractivity contribution is 6.07. The van der Waals surface area contributed by atoms with Crippen LogP contribution in [0.5, 0.6) is 0 Å². The van der Waals surface area contributed by atoms with Gasteiger partial charge in [-0.1, -0.05) is 24.8 Å². The van der Waals surface area contributed by atoms with Crippen LogP contribution in [0.3, 0.4) is 0 Å². The molecule has 0 bridgehead atoms. The molecule has 0 radical (unpaired) electrons. The number of aryl methyl sites for hydroxylation is 1. The number of nitrogens with zero attached hydrogens (tertiary/aromatic N) is 4. The summed E-state index contributed by atoms with van der Waals surface area (Å²) in [5, 5.41) is 4.79. The van der Waals surface area contributed by atoms with E-state index in [1.54, 1.807) is 23.2 Å². The first-order chi connectivity index (χ1) is 21.4. The largest absolute Gasteiger partial charge is 0.382 e. The second kappa shape index (κ2) is 12.0. The van der Waals surface area contributed by atoms with Gasteiger partial charge >= 0.3 is 0 Å². The molecule has 7 nitrogen and oxygen atoms in total. The van der Waals surface area contributed by atoms with Gasteiger partial charge in [-0.2, -0.15) is 0 Å². The van der Waals surface area contributed by atoms with Crippen molar-refractivity contribution in [1.29, 1.82) is 0 Å². The number of carbonyl (C=O) groups excluding carboxylic acids is 1. The lowest BCUT2D eigenvalue weighted by Gasteiger charge is -2.36. The lowest BCUT2D eigenvalue weighted by atomic mass is 9.94. The van der Waals surface area contributed by atoms with Crippen LogP contribution in [0.2, 0.25) is 0 Å². The number of aromatic nitrogens is 2. The molecule has 0 unspecified atom stereocenters. The molecule has 2 aromatic carbocycles. The number of pyridine rings is 2. The summed E-state index contributed by atoms with van der Waals surface area (Å²) in [4.78, 5) is 36.8. The lowest BCUT2D eigenvalue weighted by molar-refractivity contribution is 0.0645. The van der Waals surface area contributed by atoms with Gasteiger partial charge in [-0.15, -0.1) is 0 Å². The number of hydrogen-bond acceptors (Lipinski definition) is 5. The maximum Gasteiger partial charge on any atom is 0.258 e. The van der Waals surface area contributed by atoms with Gasteiger partial charge in [0.25, 0.3) is 11.5 Å². The number of benzene rings is 2. The smallest absolute Gasteiger partial charge is 0.258 e. The Hall–Kier alpha value is -4.23. The summed E-state index contributed by atoms with van der Waals surface area (Å²) in [5.74, 6) is 0.00276. The standard InChI is InChI=1S/C37H41N5O2/c1-25-5-6-28(26(2)39-30-8-9-30)21-33(25)29-7-10-32-34(22-29)35(24-42(36(32)43)23-27-11-15-38-16-12-27)37(44)41-19-13-31(14-20-41)40-17-3-4-18-40/h5-7,10-12,15-16,21-22,24,30-31,39H,2-4,8-9,13-14,17-20,23H2,1H3. The topological polar surface area (TPSA) is 70.5 Å². The molecular formula is C37H41N5O2. The Morgan fingerprint density at radius 2 is 1.68 bits per heavy atom. The Morgan fingerprint density at radius 1 is 0.932 bits per heavy atom. The van der Waals surface area contributed by atoms with Crippen LogP contribution >= 0.6 is 0 Å². The quantitative estimate of drug-likeness (QED) is 0.280. The fraction of sp³-hybridized carbons (Fsp3) is 0.378. The van der Waals surface area contributed by atoms with Crippen LogP contribution in [0.15, 0.2) is 78.5 Å². The van der Waals surface area contributed by atoms with Crippen molar-refractivity contribution in [1.82, 2.24) is 24.7 Å². The highest BCUT2D eigenvalue weighted by Crippen LogP contribution is 2.32. The van der Waals surface area contributed by atoms with Gasteiger partial charge in [0.1, 0.15) is 0 Å². The molecule has 4 aromatic rings. The van der Waals surface area contributed by atoms with Crippen molar-refractivity contribution in [3.05, 3.63) is 106 Å². The average molecular weight is 588 g/mol. The van der Waals surface area contributed by atoms with Gasteiger partial charge in [-0.3, -0.25) is 14.6 Å². The van der Waals surface area contributed by atoms with E-state index in [2.05, 4.69) is 46.9 Å². The minimum Gasteiger partial charge on any atom is -0.382 e. The Labute approximate surface area is 259 Å². The van der Waals surface area contributed by atoms with Crippen LogP contribution in [0.4, 0.5) is 0 Å². The van der Waals surface area contributed by atoms with Crippen LogP contribution in [0.25, 0.3) is 27.6 Å². The van der Waals surface area contributed by atoms with Gasteiger partial charge in [0.05, 0.1) is 12.1 Å². The lowest BCUT2D eigenvalue weighted by Crippen LogP contribution is -2.46. The minimum atomic E-state index is -0.0971. The normalized spacial score (nSPS) is 17.7. The average Bonchev–Trinajstić information content (AvgIpc) is 3.70. The molecule has 3 fully saturated rings. The number of hydrogen-bond donors (Lipinski definition) is 1. The van der Waals surface area contributed by atoms with Crippen molar-refractivity contribution in [2.75, 3.05) is 26.2 Å². The summed E-state index contributed by atoms with van der Waals surface area (Å²) < 4.78 is 1.68. The molecule has 4 heterocycles. The van der Waals surface area contributed by atoms with Crippen LogP contribution in [-0.4, -0.2) is 63.5 Å². The third kappa shape index (κ3) is 5.81. The second-order valence-corrected chi connectivity index (χ2v) is 12.8. The Kier molecular flexibility index (Phi) is 7.81. The van der Waals surface area contributed by atoms with Crippen molar-refractivity contribution in [3.63, 3.8) is 0 Å². The predicted octanol–water partition coefficient (Wildman–Crippen LogP) is 5.84. The maximum atomic E-state index is 14.3. The van der Waals surface area contributed by atoms with E-state index < -0.39 is 0 Å². The van der Waals surface area contributed by atoms with Gasteiger partial charge in [-0.05, 0) is 117 Å². The highest BCUT2D eigenvalue weighted by atomic mass is 16.2. The van der Waals surface area contributed by atoms with Crippen molar-refractivity contribution >= 4 is 22.4 Å². The number of fused-ring (bicyclic) bond motifs is 1. The number of carbonyl (C=O) groups is 1. The number of amides is 1. The zero-order chi connectivity index (χ0) is 30.2. The van der Waals surface area contributed by atoms with Gasteiger partial charge < -0.3 is 19.7 Å². The van der Waals surface area contributed by atoms with E-state index >= 15 is 0 Å². The van der Waals surface area contributed by atoms with Crippen LogP contribution in [0.1, 0.15) is 65.6 Å². The summed E-state index contributed by atoms with van der Waals surface area (Å²) >= 11 is 0. The first kappa shape index (κ1) is 28.5. The molecule has 1 aliphatic carbocycles. The number of likely N-dealkylation sites (tertiary alicyclic amines) is 2. The fourth-order valence-corrected chi connectivity index (χ4v) is 6.92. The Bertz CT molecular complexity index is 1760. The van der Waals surface area contributed by atoms with E-state index in [9.17, 15) is 9.59 Å². The molecule has 0 spiro atoms. The Balaban J connectivity index is 1.27. The molecule has 226 valence electrons. The Morgan fingerprint density at radius 3 is 2.41 bits per heavy atom. The molecule has 0 atom stereocenters. The molecule has 3 aliphatic rings. The number of rotatable bonds is 8. The summed E-state index contributed by atoms with van der Waals surface area (Å²) in [6, 6.07) is 17.3.